The first-order valence-corrected chi connectivity index (χ1v) is 14.0. The van der Waals surface area contributed by atoms with Crippen molar-refractivity contribution in [3.63, 3.8) is 0 Å². The Morgan fingerprint density at radius 1 is 0.727 bits per heavy atom. The van der Waals surface area contributed by atoms with E-state index in [2.05, 4.69) is 47.6 Å². The van der Waals surface area contributed by atoms with Crippen LogP contribution < -0.4 is 0 Å². The third-order valence-corrected chi connectivity index (χ3v) is 12.9. The number of hydrogen-bond donors (Lipinski definition) is 3. The first-order valence-electron chi connectivity index (χ1n) is 14.0. The number of aliphatic hydroxyl groups excluding tert-OH is 3. The van der Waals surface area contributed by atoms with Crippen molar-refractivity contribution in [1.82, 2.24) is 0 Å². The molecule has 0 aromatic carbocycles. The van der Waals surface area contributed by atoms with Crippen molar-refractivity contribution in [1.29, 1.82) is 0 Å². The van der Waals surface area contributed by atoms with Gasteiger partial charge in [-0.2, -0.15) is 0 Å². The number of fused-ring (bicyclic) bond motifs is 6. The molecule has 0 saturated heterocycles. The average Bonchev–Trinajstić information content (AvgIpc) is 2.91. The van der Waals surface area contributed by atoms with Crippen LogP contribution in [0, 0.1) is 50.7 Å². The molecule has 188 valence electrons. The Morgan fingerprint density at radius 2 is 1.39 bits per heavy atom. The zero-order chi connectivity index (χ0) is 24.0. The SMILES string of the molecule is CC1(C)[C@@H](O)CC[C@]2(C)[C@H]3CC[C@H]4C(=C[C@]3(C)CC[C@@H]12)CC[C@@H]1[C@]4(C)CC[C@@H](O)[C@]1(C)CO. The Hall–Kier alpha value is -0.380. The van der Waals surface area contributed by atoms with Crippen molar-refractivity contribution in [2.45, 2.75) is 118 Å². The molecule has 5 aliphatic carbocycles. The molecule has 5 aliphatic rings. The molecule has 0 spiro atoms. The van der Waals surface area contributed by atoms with Gasteiger partial charge in [-0.25, -0.2) is 0 Å². The van der Waals surface area contributed by atoms with Crippen LogP contribution in [0.3, 0.4) is 0 Å². The molecule has 0 radical (unpaired) electrons. The van der Waals surface area contributed by atoms with Crippen LogP contribution in [-0.4, -0.2) is 34.1 Å². The van der Waals surface area contributed by atoms with Crippen molar-refractivity contribution in [2.24, 2.45) is 50.7 Å². The van der Waals surface area contributed by atoms with Crippen molar-refractivity contribution >= 4 is 0 Å². The summed E-state index contributed by atoms with van der Waals surface area (Å²) in [5.41, 5.74) is 2.05. The minimum Gasteiger partial charge on any atom is -0.396 e. The second kappa shape index (κ2) is 7.56. The molecule has 4 fully saturated rings. The number of hydrogen-bond acceptors (Lipinski definition) is 3. The quantitative estimate of drug-likeness (QED) is 0.415. The number of allylic oxidation sites excluding steroid dienone is 2. The fourth-order valence-corrected chi connectivity index (χ4v) is 11.0. The molecule has 3 nitrogen and oxygen atoms in total. The van der Waals surface area contributed by atoms with Gasteiger partial charge in [-0.05, 0) is 110 Å². The Morgan fingerprint density at radius 3 is 2.09 bits per heavy atom. The molecule has 3 N–H and O–H groups in total. The van der Waals surface area contributed by atoms with Crippen LogP contribution in [0.1, 0.15) is 106 Å². The van der Waals surface area contributed by atoms with Gasteiger partial charge in [0.2, 0.25) is 0 Å². The summed E-state index contributed by atoms with van der Waals surface area (Å²) >= 11 is 0. The maximum absolute atomic E-state index is 10.9. The highest BCUT2D eigenvalue weighted by Gasteiger charge is 2.63. The van der Waals surface area contributed by atoms with Crippen LogP contribution >= 0.6 is 0 Å². The van der Waals surface area contributed by atoms with Gasteiger partial charge in [0.15, 0.2) is 0 Å². The minimum absolute atomic E-state index is 0.0000589. The number of aliphatic hydroxyl groups is 3. The van der Waals surface area contributed by atoms with E-state index in [1.165, 1.54) is 25.7 Å². The van der Waals surface area contributed by atoms with Crippen molar-refractivity contribution in [3.8, 4) is 0 Å². The monoisotopic (exact) mass is 458 g/mol. The molecule has 0 bridgehead atoms. The van der Waals surface area contributed by atoms with E-state index < -0.39 is 0 Å². The minimum atomic E-state index is -0.382. The first-order chi connectivity index (χ1) is 15.3. The van der Waals surface area contributed by atoms with Gasteiger partial charge >= 0.3 is 0 Å². The van der Waals surface area contributed by atoms with E-state index in [0.717, 1.165) is 38.5 Å². The van der Waals surface area contributed by atoms with Gasteiger partial charge in [-0.15, -0.1) is 0 Å². The molecule has 3 heteroatoms. The molecule has 0 aromatic rings. The van der Waals surface area contributed by atoms with Crippen molar-refractivity contribution < 1.29 is 15.3 Å². The van der Waals surface area contributed by atoms with Gasteiger partial charge in [-0.3, -0.25) is 0 Å². The van der Waals surface area contributed by atoms with E-state index in [9.17, 15) is 15.3 Å². The van der Waals surface area contributed by atoms with E-state index >= 15 is 0 Å². The highest BCUT2D eigenvalue weighted by atomic mass is 16.3. The third-order valence-electron chi connectivity index (χ3n) is 12.9. The Labute approximate surface area is 202 Å². The summed E-state index contributed by atoms with van der Waals surface area (Å²) in [5, 5.41) is 32.1. The molecular formula is C30H50O3. The van der Waals surface area contributed by atoms with Crippen LogP contribution in [0.15, 0.2) is 11.6 Å². The second-order valence-corrected chi connectivity index (χ2v) is 14.7. The fourth-order valence-electron chi connectivity index (χ4n) is 11.0. The lowest BCUT2D eigenvalue weighted by Gasteiger charge is -2.63. The summed E-state index contributed by atoms with van der Waals surface area (Å²) in [7, 11) is 0. The number of rotatable bonds is 1. The zero-order valence-corrected chi connectivity index (χ0v) is 22.2. The van der Waals surface area contributed by atoms with Gasteiger partial charge in [0.25, 0.3) is 0 Å². The van der Waals surface area contributed by atoms with E-state index in [1.807, 2.05) is 0 Å². The van der Waals surface area contributed by atoms with Crippen LogP contribution in [0.5, 0.6) is 0 Å². The van der Waals surface area contributed by atoms with Gasteiger partial charge in [0, 0.05) is 5.41 Å². The smallest absolute Gasteiger partial charge is 0.0618 e. The lowest BCUT2D eigenvalue weighted by atomic mass is 9.42. The molecule has 0 aromatic heterocycles. The van der Waals surface area contributed by atoms with Crippen LogP contribution in [-0.2, 0) is 0 Å². The first kappa shape index (κ1) is 24.3. The molecule has 0 unspecified atom stereocenters. The van der Waals surface area contributed by atoms with E-state index in [4.69, 9.17) is 0 Å². The summed E-state index contributed by atoms with van der Waals surface area (Å²) in [5.74, 6) is 2.24. The van der Waals surface area contributed by atoms with Crippen LogP contribution in [0.4, 0.5) is 0 Å². The summed E-state index contributed by atoms with van der Waals surface area (Å²) in [6.07, 6.45) is 13.5. The standard InChI is InChI=1S/C30H50O3/c1-26(2)21-11-14-27(3)17-19-7-9-23-28(4,15-13-25(33)30(23,6)18-31)20(19)8-10-22(27)29(21,5)16-12-24(26)32/h17,20-25,31-33H,7-16,18H2,1-6H3/t20-,21-,22-,23+,24-,25+,27-,28+,29-,30+/m0/s1. The molecule has 5 rings (SSSR count). The molecular weight excluding hydrogens is 408 g/mol. The summed E-state index contributed by atoms with van der Waals surface area (Å²) < 4.78 is 0. The third kappa shape index (κ3) is 3.17. The van der Waals surface area contributed by atoms with E-state index in [-0.39, 0.29) is 40.5 Å². The molecule has 33 heavy (non-hydrogen) atoms. The largest absolute Gasteiger partial charge is 0.396 e. The summed E-state index contributed by atoms with van der Waals surface area (Å²) in [4.78, 5) is 0. The highest BCUT2D eigenvalue weighted by Crippen LogP contribution is 2.69. The Bertz CT molecular complexity index is 817. The lowest BCUT2D eigenvalue weighted by Crippen LogP contribution is -2.58. The fraction of sp³-hybridized carbons (Fsp3) is 0.933. The second-order valence-electron chi connectivity index (χ2n) is 14.7. The van der Waals surface area contributed by atoms with E-state index in [1.54, 1.807) is 5.57 Å². The van der Waals surface area contributed by atoms with Gasteiger partial charge in [0.05, 0.1) is 18.8 Å². The van der Waals surface area contributed by atoms with Crippen molar-refractivity contribution in [3.05, 3.63) is 11.6 Å². The predicted molar refractivity (Wildman–Crippen MR) is 134 cm³/mol. The normalized spacial score (nSPS) is 55.8. The molecule has 4 saturated carbocycles. The maximum Gasteiger partial charge on any atom is 0.0618 e. The predicted octanol–water partition coefficient (Wildman–Crippen LogP) is 6.11. The Balaban J connectivity index is 1.51. The van der Waals surface area contributed by atoms with Crippen LogP contribution in [0.2, 0.25) is 0 Å². The summed E-state index contributed by atoms with van der Waals surface area (Å²) in [6.45, 7) is 14.5. The molecule has 10 atom stereocenters. The van der Waals surface area contributed by atoms with Crippen LogP contribution in [0.25, 0.3) is 0 Å². The molecule has 0 aliphatic heterocycles. The summed E-state index contributed by atoms with van der Waals surface area (Å²) in [6, 6.07) is 0. The lowest BCUT2D eigenvalue weighted by molar-refractivity contribution is -0.165. The highest BCUT2D eigenvalue weighted by molar-refractivity contribution is 5.26. The molecule has 0 heterocycles. The average molecular weight is 459 g/mol. The van der Waals surface area contributed by atoms with Gasteiger partial charge < -0.3 is 15.3 Å². The Kier molecular flexibility index (Phi) is 5.57. The van der Waals surface area contributed by atoms with E-state index in [0.29, 0.717) is 29.1 Å². The zero-order valence-electron chi connectivity index (χ0n) is 22.2. The van der Waals surface area contributed by atoms with Crippen molar-refractivity contribution in [2.75, 3.05) is 6.61 Å². The maximum atomic E-state index is 10.9. The topological polar surface area (TPSA) is 60.7 Å². The molecule has 0 amide bonds. The van der Waals surface area contributed by atoms with Gasteiger partial charge in [0.1, 0.15) is 0 Å². The van der Waals surface area contributed by atoms with Gasteiger partial charge in [-0.1, -0.05) is 53.2 Å².